The lowest BCUT2D eigenvalue weighted by atomic mass is 10.1. The summed E-state index contributed by atoms with van der Waals surface area (Å²) in [7, 11) is 3.12. The van der Waals surface area contributed by atoms with Gasteiger partial charge in [0.05, 0.1) is 19.9 Å². The number of nitrogens with zero attached hydrogens (tertiary/aromatic N) is 4. The molecule has 2 aromatic carbocycles. The third-order valence-electron chi connectivity index (χ3n) is 4.80. The number of hydrogen-bond acceptors (Lipinski definition) is 7. The molecule has 0 N–H and O–H groups in total. The normalized spacial score (nSPS) is 10.8. The zero-order chi connectivity index (χ0) is 21.3. The molecule has 152 valence electrons. The minimum absolute atomic E-state index is 0.0370. The van der Waals surface area contributed by atoms with E-state index < -0.39 is 0 Å². The Labute approximate surface area is 172 Å². The maximum absolute atomic E-state index is 12.4. The highest BCUT2D eigenvalue weighted by Gasteiger charge is 2.17. The molecule has 8 nitrogen and oxygen atoms in total. The van der Waals surface area contributed by atoms with Crippen LogP contribution in [0.15, 0.2) is 58.0 Å². The van der Waals surface area contributed by atoms with Gasteiger partial charge in [-0.1, -0.05) is 11.2 Å². The Balaban J connectivity index is 1.75. The van der Waals surface area contributed by atoms with Crippen molar-refractivity contribution in [1.82, 2.24) is 19.9 Å². The van der Waals surface area contributed by atoms with Crippen molar-refractivity contribution in [2.45, 2.75) is 13.8 Å². The first-order chi connectivity index (χ1) is 14.5. The standard InChI is InChI=1S/C22H20N4O4/c1-13-5-6-16(9-14(13)2)26-8-7-19(27)20(24-26)22-23-21(25-30-22)15-10-17(28-3)12-18(11-15)29-4/h5-12H,1-4H3. The lowest BCUT2D eigenvalue weighted by Gasteiger charge is -2.08. The third-order valence-corrected chi connectivity index (χ3v) is 4.80. The molecule has 4 rings (SSSR count). The third kappa shape index (κ3) is 3.67. The van der Waals surface area contributed by atoms with Gasteiger partial charge in [-0.2, -0.15) is 10.1 Å². The van der Waals surface area contributed by atoms with Gasteiger partial charge in [-0.3, -0.25) is 4.79 Å². The quantitative estimate of drug-likeness (QED) is 0.502. The van der Waals surface area contributed by atoms with E-state index in [1.54, 1.807) is 43.3 Å². The van der Waals surface area contributed by atoms with Crippen LogP contribution in [-0.4, -0.2) is 34.1 Å². The van der Waals surface area contributed by atoms with Crippen LogP contribution in [0.2, 0.25) is 0 Å². The molecule has 0 aliphatic rings. The van der Waals surface area contributed by atoms with Gasteiger partial charge in [-0.15, -0.1) is 0 Å². The molecule has 0 aliphatic heterocycles. The van der Waals surface area contributed by atoms with Crippen LogP contribution in [0.25, 0.3) is 28.7 Å². The number of methoxy groups -OCH3 is 2. The minimum Gasteiger partial charge on any atom is -0.497 e. The molecule has 0 saturated carbocycles. The molecule has 0 unspecified atom stereocenters. The summed E-state index contributed by atoms with van der Waals surface area (Å²) in [5.74, 6) is 1.51. The van der Waals surface area contributed by atoms with E-state index in [1.165, 1.54) is 11.6 Å². The first-order valence-electron chi connectivity index (χ1n) is 9.23. The maximum atomic E-state index is 12.4. The monoisotopic (exact) mass is 404 g/mol. The predicted octanol–water partition coefficient (Wildman–Crippen LogP) is 3.58. The molecule has 0 radical (unpaired) electrons. The molecule has 0 spiro atoms. The summed E-state index contributed by atoms with van der Waals surface area (Å²) in [6.45, 7) is 4.06. The van der Waals surface area contributed by atoms with Crippen molar-refractivity contribution in [2.75, 3.05) is 14.2 Å². The van der Waals surface area contributed by atoms with Crippen LogP contribution in [0.5, 0.6) is 11.5 Å². The number of aryl methyl sites for hydroxylation is 2. The van der Waals surface area contributed by atoms with Crippen molar-refractivity contribution in [2.24, 2.45) is 0 Å². The van der Waals surface area contributed by atoms with Crippen molar-refractivity contribution in [1.29, 1.82) is 0 Å². The zero-order valence-corrected chi connectivity index (χ0v) is 17.0. The Morgan fingerprint density at radius 2 is 1.67 bits per heavy atom. The van der Waals surface area contributed by atoms with E-state index in [9.17, 15) is 4.79 Å². The topological polar surface area (TPSA) is 92.3 Å². The highest BCUT2D eigenvalue weighted by Crippen LogP contribution is 2.29. The van der Waals surface area contributed by atoms with Crippen molar-refractivity contribution >= 4 is 0 Å². The fourth-order valence-corrected chi connectivity index (χ4v) is 2.94. The molecule has 0 bridgehead atoms. The summed E-state index contributed by atoms with van der Waals surface area (Å²) in [5.41, 5.74) is 3.53. The Hall–Kier alpha value is -3.94. The lowest BCUT2D eigenvalue weighted by molar-refractivity contribution is 0.394. The molecular formula is C22H20N4O4. The van der Waals surface area contributed by atoms with Gasteiger partial charge in [0, 0.05) is 23.9 Å². The summed E-state index contributed by atoms with van der Waals surface area (Å²) in [6.07, 6.45) is 1.61. The van der Waals surface area contributed by atoms with Crippen LogP contribution in [0.4, 0.5) is 0 Å². The summed E-state index contributed by atoms with van der Waals surface area (Å²) in [5, 5.41) is 8.41. The van der Waals surface area contributed by atoms with Gasteiger partial charge in [0.1, 0.15) is 11.5 Å². The van der Waals surface area contributed by atoms with Crippen molar-refractivity contribution in [3.63, 3.8) is 0 Å². The molecular weight excluding hydrogens is 384 g/mol. The van der Waals surface area contributed by atoms with Gasteiger partial charge in [-0.05, 0) is 49.2 Å². The summed E-state index contributed by atoms with van der Waals surface area (Å²) >= 11 is 0. The van der Waals surface area contributed by atoms with E-state index in [-0.39, 0.29) is 17.0 Å². The van der Waals surface area contributed by atoms with Crippen LogP contribution in [0.1, 0.15) is 11.1 Å². The molecule has 2 heterocycles. The van der Waals surface area contributed by atoms with Crippen LogP contribution in [0, 0.1) is 13.8 Å². The predicted molar refractivity (Wildman–Crippen MR) is 111 cm³/mol. The highest BCUT2D eigenvalue weighted by molar-refractivity contribution is 5.62. The van der Waals surface area contributed by atoms with Crippen LogP contribution >= 0.6 is 0 Å². The van der Waals surface area contributed by atoms with Crippen molar-refractivity contribution in [3.05, 3.63) is 70.0 Å². The molecule has 30 heavy (non-hydrogen) atoms. The van der Waals surface area contributed by atoms with E-state index in [1.807, 2.05) is 32.0 Å². The van der Waals surface area contributed by atoms with E-state index in [0.29, 0.717) is 22.9 Å². The molecule has 0 amide bonds. The molecule has 0 aliphatic carbocycles. The largest absolute Gasteiger partial charge is 0.497 e. The smallest absolute Gasteiger partial charge is 0.282 e. The Morgan fingerprint density at radius 3 is 2.33 bits per heavy atom. The highest BCUT2D eigenvalue weighted by atomic mass is 16.5. The fourth-order valence-electron chi connectivity index (χ4n) is 2.94. The van der Waals surface area contributed by atoms with E-state index in [4.69, 9.17) is 14.0 Å². The summed E-state index contributed by atoms with van der Waals surface area (Å²) < 4.78 is 17.5. The molecule has 0 fully saturated rings. The van der Waals surface area contributed by atoms with Crippen molar-refractivity contribution in [3.8, 4) is 40.2 Å². The zero-order valence-electron chi connectivity index (χ0n) is 17.0. The first kappa shape index (κ1) is 19.4. The molecule has 8 heteroatoms. The first-order valence-corrected chi connectivity index (χ1v) is 9.23. The summed E-state index contributed by atoms with van der Waals surface area (Å²) in [6, 6.07) is 12.6. The number of aromatic nitrogens is 4. The lowest BCUT2D eigenvalue weighted by Crippen LogP contribution is -2.12. The Morgan fingerprint density at radius 1 is 0.933 bits per heavy atom. The number of benzene rings is 2. The Bertz CT molecular complexity index is 1250. The van der Waals surface area contributed by atoms with E-state index in [2.05, 4.69) is 15.2 Å². The molecule has 2 aromatic heterocycles. The van der Waals surface area contributed by atoms with Gasteiger partial charge in [-0.25, -0.2) is 4.68 Å². The second kappa shape index (κ2) is 7.82. The average Bonchev–Trinajstić information content (AvgIpc) is 3.25. The molecule has 0 saturated heterocycles. The molecule has 0 atom stereocenters. The second-order valence-electron chi connectivity index (χ2n) is 6.77. The number of rotatable bonds is 5. The number of ether oxygens (including phenoxy) is 2. The summed E-state index contributed by atoms with van der Waals surface area (Å²) in [4.78, 5) is 16.8. The van der Waals surface area contributed by atoms with Crippen molar-refractivity contribution < 1.29 is 14.0 Å². The fraction of sp³-hybridized carbons (Fsp3) is 0.182. The van der Waals surface area contributed by atoms with Gasteiger partial charge in [0.25, 0.3) is 5.89 Å². The van der Waals surface area contributed by atoms with Gasteiger partial charge in [0.15, 0.2) is 5.69 Å². The minimum atomic E-state index is -0.312. The van der Waals surface area contributed by atoms with Gasteiger partial charge < -0.3 is 14.0 Å². The number of hydrogen-bond donors (Lipinski definition) is 0. The van der Waals surface area contributed by atoms with Gasteiger partial charge >= 0.3 is 0 Å². The van der Waals surface area contributed by atoms with E-state index >= 15 is 0 Å². The second-order valence-corrected chi connectivity index (χ2v) is 6.77. The molecule has 4 aromatic rings. The van der Waals surface area contributed by atoms with Gasteiger partial charge in [0.2, 0.25) is 11.3 Å². The maximum Gasteiger partial charge on any atom is 0.282 e. The van der Waals surface area contributed by atoms with Crippen LogP contribution < -0.4 is 14.9 Å². The van der Waals surface area contributed by atoms with E-state index in [0.717, 1.165) is 11.3 Å². The average molecular weight is 404 g/mol. The Kier molecular flexibility index (Phi) is 5.05. The van der Waals surface area contributed by atoms with Crippen LogP contribution in [-0.2, 0) is 0 Å². The SMILES string of the molecule is COc1cc(OC)cc(-c2noc(-c3nn(-c4ccc(C)c(C)c4)ccc3=O)n2)c1. The van der Waals surface area contributed by atoms with Crippen LogP contribution in [0.3, 0.4) is 0 Å².